The van der Waals surface area contributed by atoms with Crippen molar-refractivity contribution >= 4 is 11.5 Å². The number of aryl methyl sites for hydroxylation is 1. The third-order valence-corrected chi connectivity index (χ3v) is 5.25. The Morgan fingerprint density at radius 3 is 2.13 bits per heavy atom. The minimum absolute atomic E-state index is 0.00867. The number of carbonyl (C=O) groups excluding carboxylic acids is 1. The molecule has 1 unspecified atom stereocenters. The maximum atomic E-state index is 12.9. The first-order chi connectivity index (χ1) is 14.5. The van der Waals surface area contributed by atoms with Crippen LogP contribution in [0.25, 0.3) is 10.4 Å². The summed E-state index contributed by atoms with van der Waals surface area (Å²) in [5.74, 6) is 0.478. The number of rotatable bonds is 10. The van der Waals surface area contributed by atoms with Crippen molar-refractivity contribution in [1.82, 2.24) is 0 Å². The number of esters is 1. The van der Waals surface area contributed by atoms with Crippen LogP contribution >= 0.6 is 0 Å². The molecule has 158 valence electrons. The van der Waals surface area contributed by atoms with E-state index >= 15 is 0 Å². The third-order valence-electron chi connectivity index (χ3n) is 5.25. The van der Waals surface area contributed by atoms with E-state index in [1.165, 1.54) is 0 Å². The molecule has 2 rings (SSSR count). The topological polar surface area (TPSA) is 39.9 Å². The fraction of sp³-hybridized carbons (Fsp3) is 0.385. The van der Waals surface area contributed by atoms with E-state index in [4.69, 9.17) is 16.0 Å². The Balaban J connectivity index is 2.42. The second-order valence-electron chi connectivity index (χ2n) is 7.44. The van der Waals surface area contributed by atoms with Gasteiger partial charge in [-0.25, -0.2) is 4.85 Å². The van der Waals surface area contributed by atoms with Crippen LogP contribution in [0.1, 0.15) is 56.2 Å². The molecule has 2 aromatic rings. The van der Waals surface area contributed by atoms with Crippen molar-refractivity contribution in [1.29, 1.82) is 0 Å². The van der Waals surface area contributed by atoms with E-state index in [-0.39, 0.29) is 5.70 Å². The zero-order valence-electron chi connectivity index (χ0n) is 18.4. The van der Waals surface area contributed by atoms with Gasteiger partial charge in [0.25, 0.3) is 5.70 Å². The van der Waals surface area contributed by atoms with E-state index in [1.54, 1.807) is 7.11 Å². The first kappa shape index (κ1) is 23.2. The number of hydrogen-bond donors (Lipinski definition) is 0. The summed E-state index contributed by atoms with van der Waals surface area (Å²) in [7, 11) is 1.61. The Morgan fingerprint density at radius 2 is 1.63 bits per heavy atom. The summed E-state index contributed by atoms with van der Waals surface area (Å²) >= 11 is 0. The molecule has 0 aliphatic heterocycles. The summed E-state index contributed by atoms with van der Waals surface area (Å²) in [6.07, 6.45) is 4.21. The molecule has 0 saturated heterocycles. The number of benzene rings is 2. The van der Waals surface area contributed by atoms with Gasteiger partial charge in [-0.1, -0.05) is 75.1 Å². The van der Waals surface area contributed by atoms with Crippen molar-refractivity contribution in [3.8, 4) is 5.75 Å². The van der Waals surface area contributed by atoms with Crippen molar-refractivity contribution in [3.63, 3.8) is 0 Å². The SMILES string of the molecule is [C-]#[N+]/C(C(=O)OCC(CC)CCCC)=C(\c1ccc(C)cc1)c1ccc(OC)cc1. The average Bonchev–Trinajstić information content (AvgIpc) is 2.78. The number of nitrogens with zero attached hydrogens (tertiary/aromatic N) is 1. The summed E-state index contributed by atoms with van der Waals surface area (Å²) in [6.45, 7) is 14.3. The molecule has 0 saturated carbocycles. The van der Waals surface area contributed by atoms with Crippen LogP contribution in [0.15, 0.2) is 54.2 Å². The van der Waals surface area contributed by atoms with Crippen molar-refractivity contribution in [2.75, 3.05) is 13.7 Å². The van der Waals surface area contributed by atoms with Gasteiger partial charge in [-0.15, -0.1) is 0 Å². The molecular weight excluding hydrogens is 374 g/mol. The van der Waals surface area contributed by atoms with Crippen molar-refractivity contribution in [2.24, 2.45) is 5.92 Å². The van der Waals surface area contributed by atoms with Gasteiger partial charge in [0.05, 0.1) is 20.3 Å². The maximum Gasteiger partial charge on any atom is 0.336 e. The van der Waals surface area contributed by atoms with Gasteiger partial charge in [-0.2, -0.15) is 0 Å². The minimum atomic E-state index is -0.564. The zero-order chi connectivity index (χ0) is 21.9. The molecule has 0 aromatic heterocycles. The summed E-state index contributed by atoms with van der Waals surface area (Å²) in [5, 5.41) is 0. The molecular formula is C26H31NO3. The summed E-state index contributed by atoms with van der Waals surface area (Å²) < 4.78 is 10.8. The second kappa shape index (κ2) is 11.8. The quantitative estimate of drug-likeness (QED) is 0.259. The van der Waals surface area contributed by atoms with Crippen LogP contribution in [0.5, 0.6) is 5.75 Å². The van der Waals surface area contributed by atoms with Crippen molar-refractivity contribution in [2.45, 2.75) is 46.5 Å². The van der Waals surface area contributed by atoms with Gasteiger partial charge in [0.2, 0.25) is 0 Å². The van der Waals surface area contributed by atoms with E-state index < -0.39 is 5.97 Å². The van der Waals surface area contributed by atoms with E-state index in [1.807, 2.05) is 55.5 Å². The number of carbonyl (C=O) groups is 1. The summed E-state index contributed by atoms with van der Waals surface area (Å²) in [5.41, 5.74) is 3.29. The predicted molar refractivity (Wildman–Crippen MR) is 121 cm³/mol. The second-order valence-corrected chi connectivity index (χ2v) is 7.44. The lowest BCUT2D eigenvalue weighted by Crippen LogP contribution is -2.15. The highest BCUT2D eigenvalue weighted by Crippen LogP contribution is 2.30. The van der Waals surface area contributed by atoms with Gasteiger partial charge in [0.1, 0.15) is 5.75 Å². The Hall–Kier alpha value is -3.06. The van der Waals surface area contributed by atoms with Crippen LogP contribution < -0.4 is 4.74 Å². The molecule has 0 N–H and O–H groups in total. The minimum Gasteiger partial charge on any atom is -0.497 e. The lowest BCUT2D eigenvalue weighted by atomic mass is 9.95. The van der Waals surface area contributed by atoms with Gasteiger partial charge in [0, 0.05) is 5.57 Å². The van der Waals surface area contributed by atoms with Crippen LogP contribution in [0.4, 0.5) is 0 Å². The molecule has 30 heavy (non-hydrogen) atoms. The Bertz CT molecular complexity index is 889. The number of hydrogen-bond acceptors (Lipinski definition) is 3. The molecule has 0 heterocycles. The van der Waals surface area contributed by atoms with Crippen LogP contribution in [0.3, 0.4) is 0 Å². The largest absolute Gasteiger partial charge is 0.497 e. The molecule has 1 atom stereocenters. The van der Waals surface area contributed by atoms with Crippen LogP contribution in [0, 0.1) is 19.4 Å². The highest BCUT2D eigenvalue weighted by Gasteiger charge is 2.22. The first-order valence-corrected chi connectivity index (χ1v) is 10.5. The molecule has 0 bridgehead atoms. The lowest BCUT2D eigenvalue weighted by Gasteiger charge is -2.16. The zero-order valence-corrected chi connectivity index (χ0v) is 18.4. The standard InChI is InChI=1S/C26H31NO3/c1-6-8-9-20(7-2)18-30-26(28)25(27-4)24(21-12-10-19(3)11-13-21)22-14-16-23(29-5)17-15-22/h10-17,20H,6-9,18H2,1-3,5H3/b25-24+. The average molecular weight is 406 g/mol. The maximum absolute atomic E-state index is 12.9. The fourth-order valence-corrected chi connectivity index (χ4v) is 3.28. The molecule has 0 aliphatic carbocycles. The van der Waals surface area contributed by atoms with Gasteiger partial charge in [-0.05, 0) is 42.5 Å². The van der Waals surface area contributed by atoms with Crippen LogP contribution in [0.2, 0.25) is 0 Å². The summed E-state index contributed by atoms with van der Waals surface area (Å²) in [6, 6.07) is 15.2. The Kier molecular flexibility index (Phi) is 9.15. The molecule has 0 fully saturated rings. The number of methoxy groups -OCH3 is 1. The molecule has 0 amide bonds. The molecule has 0 spiro atoms. The van der Waals surface area contributed by atoms with E-state index in [0.29, 0.717) is 18.1 Å². The van der Waals surface area contributed by atoms with Crippen LogP contribution in [-0.4, -0.2) is 19.7 Å². The van der Waals surface area contributed by atoms with Gasteiger partial charge in [0.15, 0.2) is 0 Å². The molecule has 0 aliphatic rings. The van der Waals surface area contributed by atoms with Crippen molar-refractivity contribution < 1.29 is 14.3 Å². The molecule has 0 radical (unpaired) electrons. The van der Waals surface area contributed by atoms with Gasteiger partial charge in [-0.3, -0.25) is 4.79 Å². The van der Waals surface area contributed by atoms with Crippen molar-refractivity contribution in [3.05, 3.63) is 82.3 Å². The number of ether oxygens (including phenoxy) is 2. The highest BCUT2D eigenvalue weighted by molar-refractivity contribution is 6.03. The monoisotopic (exact) mass is 405 g/mol. The normalized spacial score (nSPS) is 12.5. The fourth-order valence-electron chi connectivity index (χ4n) is 3.28. The predicted octanol–water partition coefficient (Wildman–Crippen LogP) is 6.44. The molecule has 4 heteroatoms. The van der Waals surface area contributed by atoms with E-state index in [9.17, 15) is 4.79 Å². The van der Waals surface area contributed by atoms with Gasteiger partial charge < -0.3 is 9.47 Å². The van der Waals surface area contributed by atoms with E-state index in [2.05, 4.69) is 18.7 Å². The smallest absolute Gasteiger partial charge is 0.336 e. The number of unbranched alkanes of at least 4 members (excludes halogenated alkanes) is 1. The Morgan fingerprint density at radius 1 is 1.03 bits per heavy atom. The van der Waals surface area contributed by atoms with Crippen LogP contribution in [-0.2, 0) is 9.53 Å². The van der Waals surface area contributed by atoms with E-state index in [0.717, 1.165) is 48.1 Å². The Labute approximate surface area is 180 Å². The highest BCUT2D eigenvalue weighted by atomic mass is 16.5. The molecule has 4 nitrogen and oxygen atoms in total. The first-order valence-electron chi connectivity index (χ1n) is 10.5. The van der Waals surface area contributed by atoms with Gasteiger partial charge >= 0.3 is 5.97 Å². The lowest BCUT2D eigenvalue weighted by molar-refractivity contribution is -0.140. The molecule has 2 aromatic carbocycles. The summed E-state index contributed by atoms with van der Waals surface area (Å²) in [4.78, 5) is 16.5. The third kappa shape index (κ3) is 6.22.